The maximum atomic E-state index is 6.98. The molecule has 0 amide bonds. The molecule has 0 N–H and O–H groups in total. The number of aryl methyl sites for hydroxylation is 1. The van der Waals surface area contributed by atoms with Crippen molar-refractivity contribution in [1.82, 2.24) is 0 Å². The van der Waals surface area contributed by atoms with Gasteiger partial charge in [-0.1, -0.05) is 57.6 Å². The summed E-state index contributed by atoms with van der Waals surface area (Å²) in [5.41, 5.74) is 2.58. The molecule has 2 unspecified atom stereocenters. The molecule has 0 bridgehead atoms. The minimum Gasteiger partial charge on any atom is -0.168 e. The van der Waals surface area contributed by atoms with Crippen molar-refractivity contribution in [2.75, 3.05) is 0 Å². The van der Waals surface area contributed by atoms with Crippen LogP contribution in [0.5, 0.6) is 0 Å². The average molecular weight is 495 g/mol. The van der Waals surface area contributed by atoms with Crippen molar-refractivity contribution in [2.45, 2.75) is 69.5 Å². The van der Waals surface area contributed by atoms with Crippen LogP contribution in [0.3, 0.4) is 0 Å². The molecule has 1 rings (SSSR count). The lowest BCUT2D eigenvalue weighted by Gasteiger charge is -2.36. The van der Waals surface area contributed by atoms with Crippen LogP contribution in [0.1, 0.15) is 37.3 Å². The Bertz CT molecular complexity index is 557. The van der Waals surface area contributed by atoms with E-state index in [1.54, 1.807) is 0 Å². The third-order valence-electron chi connectivity index (χ3n) is 4.78. The van der Waals surface area contributed by atoms with Gasteiger partial charge in [0.2, 0.25) is 0 Å². The first-order valence-electron chi connectivity index (χ1n) is 8.80. The van der Waals surface area contributed by atoms with E-state index >= 15 is 0 Å². The lowest BCUT2D eigenvalue weighted by molar-refractivity contribution is 0.831. The molecule has 25 heavy (non-hydrogen) atoms. The first kappa shape index (κ1) is 24.4. The predicted octanol–water partition coefficient (Wildman–Crippen LogP) is 8.70. The highest BCUT2D eigenvalue weighted by atomic mass is 35.7. The fraction of sp³-hybridized carbons (Fsp3) is 0.647. The van der Waals surface area contributed by atoms with E-state index in [9.17, 15) is 0 Å². The van der Waals surface area contributed by atoms with Gasteiger partial charge in [0.15, 0.2) is 0 Å². The molecule has 0 aliphatic rings. The first-order valence-corrected chi connectivity index (χ1v) is 21.6. The maximum Gasteiger partial charge on any atom is 0.254 e. The topological polar surface area (TPSA) is 0 Å². The SMILES string of the molecule is CCC([Si](Cl)(Cl)CC[Si](C)(C)Cl)[Si](Cl)(Cl)CC(C)c1ccccc1C. The van der Waals surface area contributed by atoms with Gasteiger partial charge < -0.3 is 0 Å². The van der Waals surface area contributed by atoms with Crippen LogP contribution in [-0.2, 0) is 0 Å². The molecular weight excluding hydrogens is 466 g/mol. The summed E-state index contributed by atoms with van der Waals surface area (Å²) in [7, 11) is -1.71. The molecule has 0 saturated heterocycles. The van der Waals surface area contributed by atoms with Crippen molar-refractivity contribution >= 4 is 76.2 Å². The Hall–Kier alpha value is 1.32. The van der Waals surface area contributed by atoms with Gasteiger partial charge in [-0.05, 0) is 42.1 Å². The second-order valence-electron chi connectivity index (χ2n) is 7.66. The van der Waals surface area contributed by atoms with Gasteiger partial charge in [0.1, 0.15) is 7.38 Å². The summed E-state index contributed by atoms with van der Waals surface area (Å²) in [4.78, 5) is 0. The van der Waals surface area contributed by atoms with Crippen molar-refractivity contribution in [2.24, 2.45) is 0 Å². The third-order valence-corrected chi connectivity index (χ3v) is 22.6. The Balaban J connectivity index is 2.94. The van der Waals surface area contributed by atoms with Crippen LogP contribution in [0.4, 0.5) is 0 Å². The van der Waals surface area contributed by atoms with Crippen molar-refractivity contribution in [3.63, 3.8) is 0 Å². The molecule has 0 aromatic heterocycles. The van der Waals surface area contributed by atoms with E-state index in [0.717, 1.165) is 24.6 Å². The molecule has 0 heterocycles. The molecule has 0 fully saturated rings. The fourth-order valence-corrected chi connectivity index (χ4v) is 27.7. The van der Waals surface area contributed by atoms with E-state index in [4.69, 9.17) is 55.4 Å². The van der Waals surface area contributed by atoms with Crippen LogP contribution in [-0.4, -0.2) is 20.8 Å². The molecule has 1 aromatic carbocycles. The van der Waals surface area contributed by atoms with Crippen LogP contribution in [0, 0.1) is 6.92 Å². The highest BCUT2D eigenvalue weighted by molar-refractivity contribution is 7.57. The van der Waals surface area contributed by atoms with E-state index in [1.807, 2.05) is 0 Å². The molecule has 8 heteroatoms. The van der Waals surface area contributed by atoms with Crippen LogP contribution < -0.4 is 0 Å². The van der Waals surface area contributed by atoms with Gasteiger partial charge in [-0.25, -0.2) is 0 Å². The van der Waals surface area contributed by atoms with Gasteiger partial charge >= 0.3 is 0 Å². The summed E-state index contributed by atoms with van der Waals surface area (Å²) < 4.78 is 0. The zero-order chi connectivity index (χ0) is 19.5. The largest absolute Gasteiger partial charge is 0.254 e. The summed E-state index contributed by atoms with van der Waals surface area (Å²) in [6.45, 7) is 5.49. The maximum absolute atomic E-state index is 6.98. The molecular formula is C17H29Cl5Si3. The minimum absolute atomic E-state index is 0.0474. The molecule has 1 aromatic rings. The number of benzene rings is 1. The van der Waals surface area contributed by atoms with Gasteiger partial charge in [-0.2, -0.15) is 11.1 Å². The van der Waals surface area contributed by atoms with Gasteiger partial charge in [0.25, 0.3) is 13.4 Å². The van der Waals surface area contributed by atoms with Crippen molar-refractivity contribution in [3.8, 4) is 0 Å². The average Bonchev–Trinajstić information content (AvgIpc) is 2.44. The zero-order valence-corrected chi connectivity index (χ0v) is 22.5. The molecule has 2 atom stereocenters. The van der Waals surface area contributed by atoms with Gasteiger partial charge in [0, 0.05) is 5.16 Å². The summed E-state index contributed by atoms with van der Waals surface area (Å²) in [5.74, 6) is 0.300. The number of halogens is 5. The summed E-state index contributed by atoms with van der Waals surface area (Å²) in [5, 5.41) is 0.0474. The molecule has 144 valence electrons. The van der Waals surface area contributed by atoms with Crippen LogP contribution in [0.2, 0.25) is 36.4 Å². The molecule has 0 aliphatic carbocycles. The normalized spacial score (nSPS) is 15.9. The Morgan fingerprint density at radius 2 is 1.48 bits per heavy atom. The molecule has 0 saturated carbocycles. The van der Waals surface area contributed by atoms with Crippen LogP contribution in [0.25, 0.3) is 0 Å². The second-order valence-corrected chi connectivity index (χ2v) is 29.8. The molecule has 0 aliphatic heterocycles. The van der Waals surface area contributed by atoms with E-state index in [1.165, 1.54) is 11.1 Å². The predicted molar refractivity (Wildman–Crippen MR) is 126 cm³/mol. The Labute approximate surface area is 180 Å². The van der Waals surface area contributed by atoms with Gasteiger partial charge in [-0.15, -0.1) is 44.3 Å². The van der Waals surface area contributed by atoms with Crippen molar-refractivity contribution < 1.29 is 0 Å². The first-order chi connectivity index (χ1) is 11.3. The lowest BCUT2D eigenvalue weighted by atomic mass is 9.98. The van der Waals surface area contributed by atoms with Crippen LogP contribution >= 0.6 is 55.4 Å². The standard InChI is InChI=1S/C17H29Cl5Si3/c1-6-17(24(19,20)12-11-23(4,5)18)25(21,22)13-15(3)16-10-8-7-9-14(16)2/h7-10,15,17H,6,11-13H2,1-5H3. The zero-order valence-electron chi connectivity index (χ0n) is 15.7. The number of rotatable bonds is 9. The summed E-state index contributed by atoms with van der Waals surface area (Å²) >= 11 is 34.2. The summed E-state index contributed by atoms with van der Waals surface area (Å²) in [6, 6.07) is 10.9. The Morgan fingerprint density at radius 1 is 0.920 bits per heavy atom. The number of hydrogen-bond donors (Lipinski definition) is 0. The van der Waals surface area contributed by atoms with E-state index < -0.39 is 20.8 Å². The van der Waals surface area contributed by atoms with Crippen LogP contribution in [0.15, 0.2) is 24.3 Å². The smallest absolute Gasteiger partial charge is 0.168 e. The van der Waals surface area contributed by atoms with E-state index in [2.05, 4.69) is 58.1 Å². The Kier molecular flexibility index (Phi) is 9.44. The highest BCUT2D eigenvalue weighted by Crippen LogP contribution is 2.51. The van der Waals surface area contributed by atoms with Crippen molar-refractivity contribution in [1.29, 1.82) is 0 Å². The van der Waals surface area contributed by atoms with E-state index in [0.29, 0.717) is 5.92 Å². The molecule has 0 spiro atoms. The quantitative estimate of drug-likeness (QED) is 0.238. The lowest BCUT2D eigenvalue weighted by Crippen LogP contribution is -2.43. The Morgan fingerprint density at radius 3 is 1.96 bits per heavy atom. The monoisotopic (exact) mass is 492 g/mol. The second kappa shape index (κ2) is 9.69. The third kappa shape index (κ3) is 7.69. The fourth-order valence-electron chi connectivity index (χ4n) is 3.34. The van der Waals surface area contributed by atoms with Gasteiger partial charge in [0.05, 0.1) is 0 Å². The highest BCUT2D eigenvalue weighted by Gasteiger charge is 2.52. The number of hydrogen-bond acceptors (Lipinski definition) is 0. The van der Waals surface area contributed by atoms with Crippen molar-refractivity contribution in [3.05, 3.63) is 35.4 Å². The minimum atomic E-state index is -2.62. The van der Waals surface area contributed by atoms with E-state index in [-0.39, 0.29) is 5.16 Å². The molecule has 0 nitrogen and oxygen atoms in total. The summed E-state index contributed by atoms with van der Waals surface area (Å²) in [6.07, 6.45) is 0.837. The van der Waals surface area contributed by atoms with Gasteiger partial charge in [-0.3, -0.25) is 0 Å². The molecule has 0 radical (unpaired) electrons.